The Morgan fingerprint density at radius 2 is 1.88 bits per heavy atom. The molecule has 6 nitrogen and oxygen atoms in total. The molecular weight excluding hydrogens is 320 g/mol. The SMILES string of the molecule is COCN1C(=O)[C@@H](NC(=O)OCc2ccccc2)Cc2ccccc21. The van der Waals surface area contributed by atoms with Crippen molar-refractivity contribution in [3.05, 3.63) is 65.7 Å². The number of benzene rings is 2. The first-order valence-electron chi connectivity index (χ1n) is 8.04. The number of alkyl carbamates (subject to hydrolysis) is 1. The van der Waals surface area contributed by atoms with Gasteiger partial charge in [-0.3, -0.25) is 9.69 Å². The minimum Gasteiger partial charge on any atom is -0.445 e. The van der Waals surface area contributed by atoms with Crippen LogP contribution in [0.5, 0.6) is 0 Å². The van der Waals surface area contributed by atoms with Crippen LogP contribution in [-0.4, -0.2) is 31.9 Å². The second-order valence-corrected chi connectivity index (χ2v) is 5.78. The number of rotatable bonds is 5. The fourth-order valence-electron chi connectivity index (χ4n) is 2.84. The summed E-state index contributed by atoms with van der Waals surface area (Å²) < 4.78 is 10.3. The lowest BCUT2D eigenvalue weighted by Gasteiger charge is -2.33. The molecule has 1 aliphatic rings. The van der Waals surface area contributed by atoms with E-state index in [2.05, 4.69) is 5.32 Å². The Balaban J connectivity index is 1.66. The first-order valence-corrected chi connectivity index (χ1v) is 8.04. The van der Waals surface area contributed by atoms with Gasteiger partial charge < -0.3 is 14.8 Å². The van der Waals surface area contributed by atoms with E-state index in [1.54, 1.807) is 0 Å². The molecule has 130 valence electrons. The van der Waals surface area contributed by atoms with E-state index in [0.29, 0.717) is 6.42 Å². The maximum absolute atomic E-state index is 12.7. The molecule has 2 amide bonds. The van der Waals surface area contributed by atoms with Gasteiger partial charge in [-0.15, -0.1) is 0 Å². The van der Waals surface area contributed by atoms with Gasteiger partial charge in [0, 0.05) is 19.2 Å². The third kappa shape index (κ3) is 3.97. The van der Waals surface area contributed by atoms with Gasteiger partial charge in [0.25, 0.3) is 5.91 Å². The summed E-state index contributed by atoms with van der Waals surface area (Å²) in [7, 11) is 1.53. The van der Waals surface area contributed by atoms with Crippen LogP contribution in [0.1, 0.15) is 11.1 Å². The molecule has 1 heterocycles. The molecule has 0 aromatic heterocycles. The summed E-state index contributed by atoms with van der Waals surface area (Å²) in [5, 5.41) is 2.66. The summed E-state index contributed by atoms with van der Waals surface area (Å²) in [5.74, 6) is -0.211. The Kier molecular flexibility index (Phi) is 5.30. The van der Waals surface area contributed by atoms with Crippen LogP contribution in [0.2, 0.25) is 0 Å². The lowest BCUT2D eigenvalue weighted by molar-refractivity contribution is -0.121. The van der Waals surface area contributed by atoms with Crippen molar-refractivity contribution in [1.29, 1.82) is 0 Å². The fourth-order valence-corrected chi connectivity index (χ4v) is 2.84. The number of nitrogens with one attached hydrogen (secondary N) is 1. The largest absolute Gasteiger partial charge is 0.445 e. The van der Waals surface area contributed by atoms with E-state index in [-0.39, 0.29) is 19.2 Å². The number of ether oxygens (including phenoxy) is 2. The van der Waals surface area contributed by atoms with E-state index in [0.717, 1.165) is 16.8 Å². The first kappa shape index (κ1) is 17.0. The van der Waals surface area contributed by atoms with E-state index >= 15 is 0 Å². The van der Waals surface area contributed by atoms with Gasteiger partial charge in [0.05, 0.1) is 0 Å². The number of carbonyl (C=O) groups is 2. The molecule has 25 heavy (non-hydrogen) atoms. The molecule has 0 bridgehead atoms. The minimum absolute atomic E-state index is 0.132. The Bertz CT molecular complexity index is 748. The molecule has 6 heteroatoms. The molecule has 0 radical (unpaired) electrons. The summed E-state index contributed by atoms with van der Waals surface area (Å²) in [5.41, 5.74) is 2.68. The highest BCUT2D eigenvalue weighted by molar-refractivity contribution is 6.01. The Morgan fingerprint density at radius 3 is 2.64 bits per heavy atom. The third-order valence-corrected chi connectivity index (χ3v) is 4.03. The molecular formula is C19H20N2O4. The number of anilines is 1. The highest BCUT2D eigenvalue weighted by Gasteiger charge is 2.33. The number of hydrogen-bond donors (Lipinski definition) is 1. The van der Waals surface area contributed by atoms with E-state index < -0.39 is 12.1 Å². The van der Waals surface area contributed by atoms with Crippen LogP contribution in [0.25, 0.3) is 0 Å². The molecule has 0 spiro atoms. The average molecular weight is 340 g/mol. The minimum atomic E-state index is -0.673. The number of amides is 2. The number of para-hydroxylation sites is 1. The van der Waals surface area contributed by atoms with Crippen molar-refractivity contribution in [2.75, 3.05) is 18.7 Å². The number of carbonyl (C=O) groups excluding carboxylic acids is 2. The van der Waals surface area contributed by atoms with Gasteiger partial charge in [-0.25, -0.2) is 4.79 Å². The van der Waals surface area contributed by atoms with Crippen LogP contribution in [0, 0.1) is 0 Å². The molecule has 2 aromatic rings. The summed E-state index contributed by atoms with van der Waals surface area (Å²) >= 11 is 0. The predicted molar refractivity (Wildman–Crippen MR) is 93.1 cm³/mol. The second-order valence-electron chi connectivity index (χ2n) is 5.78. The van der Waals surface area contributed by atoms with Crippen LogP contribution >= 0.6 is 0 Å². The van der Waals surface area contributed by atoms with Gasteiger partial charge in [0.2, 0.25) is 0 Å². The number of nitrogens with zero attached hydrogens (tertiary/aromatic N) is 1. The number of fused-ring (bicyclic) bond motifs is 1. The van der Waals surface area contributed by atoms with Gasteiger partial charge >= 0.3 is 6.09 Å². The molecule has 1 N–H and O–H groups in total. The van der Waals surface area contributed by atoms with Gasteiger partial charge in [-0.1, -0.05) is 48.5 Å². The second kappa shape index (κ2) is 7.81. The summed E-state index contributed by atoms with van der Waals surface area (Å²) in [6.07, 6.45) is -0.186. The van der Waals surface area contributed by atoms with Gasteiger partial charge in [0.1, 0.15) is 19.4 Å². The Hall–Kier alpha value is -2.86. The molecule has 1 atom stereocenters. The van der Waals surface area contributed by atoms with Gasteiger partial charge in [0.15, 0.2) is 0 Å². The monoisotopic (exact) mass is 340 g/mol. The molecule has 2 aromatic carbocycles. The van der Waals surface area contributed by atoms with Crippen molar-refractivity contribution in [3.8, 4) is 0 Å². The highest BCUT2D eigenvalue weighted by atomic mass is 16.5. The van der Waals surface area contributed by atoms with Crippen LogP contribution in [0.3, 0.4) is 0 Å². The molecule has 0 aliphatic carbocycles. The Labute approximate surface area is 146 Å². The predicted octanol–water partition coefficient (Wildman–Crippen LogP) is 2.47. The Morgan fingerprint density at radius 1 is 1.16 bits per heavy atom. The molecule has 3 rings (SSSR count). The summed E-state index contributed by atoms with van der Waals surface area (Å²) in [6.45, 7) is 0.291. The maximum Gasteiger partial charge on any atom is 0.408 e. The normalized spacial score (nSPS) is 16.3. The summed E-state index contributed by atoms with van der Waals surface area (Å²) in [4.78, 5) is 26.3. The van der Waals surface area contributed by atoms with Gasteiger partial charge in [-0.05, 0) is 17.2 Å². The fraction of sp³-hybridized carbons (Fsp3) is 0.263. The van der Waals surface area contributed by atoms with Crippen LogP contribution < -0.4 is 10.2 Å². The van der Waals surface area contributed by atoms with Crippen molar-refractivity contribution in [3.63, 3.8) is 0 Å². The zero-order chi connectivity index (χ0) is 17.6. The lowest BCUT2D eigenvalue weighted by Crippen LogP contribution is -2.53. The average Bonchev–Trinajstić information content (AvgIpc) is 2.64. The highest BCUT2D eigenvalue weighted by Crippen LogP contribution is 2.27. The van der Waals surface area contributed by atoms with Crippen molar-refractivity contribution in [2.45, 2.75) is 19.1 Å². The van der Waals surface area contributed by atoms with Crippen LogP contribution in [0.15, 0.2) is 54.6 Å². The molecule has 0 saturated carbocycles. The quantitative estimate of drug-likeness (QED) is 0.908. The van der Waals surface area contributed by atoms with Crippen LogP contribution in [0.4, 0.5) is 10.5 Å². The lowest BCUT2D eigenvalue weighted by atomic mass is 9.97. The summed E-state index contributed by atoms with van der Waals surface area (Å²) in [6, 6.07) is 16.3. The van der Waals surface area contributed by atoms with Crippen LogP contribution in [-0.2, 0) is 27.3 Å². The third-order valence-electron chi connectivity index (χ3n) is 4.03. The number of hydrogen-bond acceptors (Lipinski definition) is 4. The molecule has 0 unspecified atom stereocenters. The standard InChI is InChI=1S/C19H20N2O4/c1-24-13-21-17-10-6-5-9-15(17)11-16(18(21)22)20-19(23)25-12-14-7-3-2-4-8-14/h2-10,16H,11-13H2,1H3,(H,20,23)/t16-/m0/s1. The smallest absolute Gasteiger partial charge is 0.408 e. The van der Waals surface area contributed by atoms with Crippen molar-refractivity contribution < 1.29 is 19.1 Å². The van der Waals surface area contributed by atoms with Crippen molar-refractivity contribution >= 4 is 17.7 Å². The van der Waals surface area contributed by atoms with Crippen molar-refractivity contribution in [2.24, 2.45) is 0 Å². The van der Waals surface area contributed by atoms with E-state index in [1.165, 1.54) is 12.0 Å². The van der Waals surface area contributed by atoms with E-state index in [1.807, 2.05) is 54.6 Å². The first-order chi connectivity index (χ1) is 12.2. The number of methoxy groups -OCH3 is 1. The van der Waals surface area contributed by atoms with E-state index in [4.69, 9.17) is 9.47 Å². The zero-order valence-electron chi connectivity index (χ0n) is 14.0. The zero-order valence-corrected chi connectivity index (χ0v) is 14.0. The van der Waals surface area contributed by atoms with E-state index in [9.17, 15) is 9.59 Å². The topological polar surface area (TPSA) is 67.9 Å². The van der Waals surface area contributed by atoms with Gasteiger partial charge in [-0.2, -0.15) is 0 Å². The molecule has 0 fully saturated rings. The molecule has 0 saturated heterocycles. The maximum atomic E-state index is 12.7. The van der Waals surface area contributed by atoms with Crippen molar-refractivity contribution in [1.82, 2.24) is 5.32 Å². The molecule has 1 aliphatic heterocycles.